The molecule has 0 aliphatic heterocycles. The Balaban J connectivity index is 4.34. The molecule has 0 aromatic heterocycles. The molecule has 0 heterocycles. The molecule has 0 amide bonds. The zero-order chi connectivity index (χ0) is 50.0. The van der Waals surface area contributed by atoms with Crippen molar-refractivity contribution >= 4 is 17.9 Å². The SMILES string of the molecule is CC/C=C\C/C=C\C/C=C\C/C=C\C/C=C\CCCCCC(=O)OC(COC(=O)CCCCCCCCCCC)COC(=O)CCCCCCCCCCCC/C=C\C/C=C\C/C=C\C/C=C\CC. The van der Waals surface area contributed by atoms with E-state index in [0.717, 1.165) is 122 Å². The van der Waals surface area contributed by atoms with Gasteiger partial charge in [0.25, 0.3) is 0 Å². The molecule has 0 spiro atoms. The van der Waals surface area contributed by atoms with E-state index in [0.29, 0.717) is 12.8 Å². The van der Waals surface area contributed by atoms with Crippen LogP contribution in [-0.2, 0) is 28.6 Å². The Morgan fingerprint density at radius 1 is 0.304 bits per heavy atom. The van der Waals surface area contributed by atoms with E-state index in [1.807, 2.05) is 0 Å². The molecule has 0 aliphatic rings. The van der Waals surface area contributed by atoms with Crippen LogP contribution < -0.4 is 0 Å². The average Bonchev–Trinajstić information content (AvgIpc) is 3.35. The molecule has 0 radical (unpaired) electrons. The van der Waals surface area contributed by atoms with Crippen LogP contribution in [0.15, 0.2) is 109 Å². The molecule has 1 atom stereocenters. The van der Waals surface area contributed by atoms with Crippen molar-refractivity contribution in [3.8, 4) is 0 Å². The maximum absolute atomic E-state index is 12.8. The van der Waals surface area contributed by atoms with Crippen LogP contribution in [0.4, 0.5) is 0 Å². The van der Waals surface area contributed by atoms with E-state index in [2.05, 4.69) is 130 Å². The molecule has 0 aromatic rings. The van der Waals surface area contributed by atoms with Gasteiger partial charge >= 0.3 is 17.9 Å². The van der Waals surface area contributed by atoms with Gasteiger partial charge in [-0.2, -0.15) is 0 Å². The fraction of sp³-hybridized carbons (Fsp3) is 0.667. The first-order chi connectivity index (χ1) is 34.0. The van der Waals surface area contributed by atoms with Gasteiger partial charge in [0, 0.05) is 19.3 Å². The minimum atomic E-state index is -0.797. The number of rotatable bonds is 50. The number of hydrogen-bond acceptors (Lipinski definition) is 6. The standard InChI is InChI=1S/C63H104O6/c1-4-7-10-13-16-19-21-23-25-27-29-30-31-32-34-35-37-39-41-44-47-50-53-56-62(65)68-59-60(58-67-61(64)55-52-49-46-43-18-15-12-9-6-3)69-63(66)57-54-51-48-45-42-40-38-36-33-28-26-24-22-20-17-14-11-8-5-2/h7-8,10-11,16-17,19-20,23-26,29-30,33,36,40,42,60H,4-6,9,12-15,18,21-22,27-28,31-32,34-35,37-39,41,43-59H2,1-3H3/b10-7-,11-8-,19-16-,20-17-,25-23-,26-24-,30-29-,36-33-,42-40-. The summed E-state index contributed by atoms with van der Waals surface area (Å²) in [6.07, 6.45) is 76.6. The summed E-state index contributed by atoms with van der Waals surface area (Å²) in [5.74, 6) is -0.932. The highest BCUT2D eigenvalue weighted by molar-refractivity contribution is 5.71. The van der Waals surface area contributed by atoms with Crippen LogP contribution in [0.1, 0.15) is 252 Å². The molecule has 6 nitrogen and oxygen atoms in total. The second-order valence-corrected chi connectivity index (χ2v) is 18.4. The Kier molecular flexibility index (Phi) is 53.4. The van der Waals surface area contributed by atoms with Crippen molar-refractivity contribution in [2.24, 2.45) is 0 Å². The zero-order valence-electron chi connectivity index (χ0n) is 44.8. The zero-order valence-corrected chi connectivity index (χ0v) is 44.8. The fourth-order valence-corrected chi connectivity index (χ4v) is 7.58. The van der Waals surface area contributed by atoms with Gasteiger partial charge in [-0.15, -0.1) is 0 Å². The molecule has 6 heteroatoms. The third-order valence-corrected chi connectivity index (χ3v) is 11.8. The fourth-order valence-electron chi connectivity index (χ4n) is 7.58. The monoisotopic (exact) mass is 957 g/mol. The van der Waals surface area contributed by atoms with E-state index in [-0.39, 0.29) is 37.5 Å². The van der Waals surface area contributed by atoms with Crippen LogP contribution >= 0.6 is 0 Å². The highest BCUT2D eigenvalue weighted by atomic mass is 16.6. The second kappa shape index (κ2) is 56.7. The van der Waals surface area contributed by atoms with Gasteiger partial charge in [-0.05, 0) is 103 Å². The van der Waals surface area contributed by atoms with Crippen molar-refractivity contribution in [1.82, 2.24) is 0 Å². The molecule has 392 valence electrons. The maximum Gasteiger partial charge on any atom is 0.306 e. The maximum atomic E-state index is 12.8. The molecular weight excluding hydrogens is 853 g/mol. The number of hydrogen-bond donors (Lipinski definition) is 0. The third kappa shape index (κ3) is 54.9. The first-order valence-corrected chi connectivity index (χ1v) is 28.4. The van der Waals surface area contributed by atoms with Crippen LogP contribution in [0, 0.1) is 0 Å². The lowest BCUT2D eigenvalue weighted by atomic mass is 10.1. The lowest BCUT2D eigenvalue weighted by Crippen LogP contribution is -2.30. The van der Waals surface area contributed by atoms with E-state index >= 15 is 0 Å². The Morgan fingerprint density at radius 2 is 0.565 bits per heavy atom. The predicted molar refractivity (Wildman–Crippen MR) is 297 cm³/mol. The molecule has 0 rings (SSSR count). The van der Waals surface area contributed by atoms with Gasteiger partial charge in [-0.1, -0.05) is 239 Å². The molecule has 0 N–H and O–H groups in total. The lowest BCUT2D eigenvalue weighted by Gasteiger charge is -2.18. The van der Waals surface area contributed by atoms with Crippen LogP contribution in [0.2, 0.25) is 0 Å². The molecule has 0 saturated heterocycles. The number of carbonyl (C=O) groups is 3. The number of unbranched alkanes of at least 4 members (excludes halogenated alkanes) is 21. The van der Waals surface area contributed by atoms with E-state index in [9.17, 15) is 14.4 Å². The Labute approximate surface area is 425 Å². The molecule has 0 saturated carbocycles. The molecule has 0 aliphatic carbocycles. The summed E-state index contributed by atoms with van der Waals surface area (Å²) in [6, 6.07) is 0. The van der Waals surface area contributed by atoms with Crippen molar-refractivity contribution in [2.75, 3.05) is 13.2 Å². The van der Waals surface area contributed by atoms with Gasteiger partial charge in [0.2, 0.25) is 0 Å². The predicted octanol–water partition coefficient (Wildman–Crippen LogP) is 19.1. The van der Waals surface area contributed by atoms with E-state index in [1.54, 1.807) is 0 Å². The van der Waals surface area contributed by atoms with Crippen molar-refractivity contribution in [3.63, 3.8) is 0 Å². The van der Waals surface area contributed by atoms with Gasteiger partial charge in [-0.25, -0.2) is 0 Å². The van der Waals surface area contributed by atoms with Gasteiger partial charge in [0.1, 0.15) is 13.2 Å². The number of esters is 3. The molecular formula is C63H104O6. The Bertz CT molecular complexity index is 1420. The van der Waals surface area contributed by atoms with Gasteiger partial charge in [-0.3, -0.25) is 14.4 Å². The quantitative estimate of drug-likeness (QED) is 0.0262. The Hall–Kier alpha value is -3.93. The topological polar surface area (TPSA) is 78.9 Å². The first-order valence-electron chi connectivity index (χ1n) is 28.4. The number of allylic oxidation sites excluding steroid dienone is 18. The molecule has 69 heavy (non-hydrogen) atoms. The van der Waals surface area contributed by atoms with Gasteiger partial charge < -0.3 is 14.2 Å². The first kappa shape index (κ1) is 65.1. The van der Waals surface area contributed by atoms with E-state index in [1.165, 1.54) is 89.9 Å². The number of carbonyl (C=O) groups excluding carboxylic acids is 3. The summed E-state index contributed by atoms with van der Waals surface area (Å²) in [5.41, 5.74) is 0. The van der Waals surface area contributed by atoms with Gasteiger partial charge in [0.05, 0.1) is 0 Å². The second-order valence-electron chi connectivity index (χ2n) is 18.4. The van der Waals surface area contributed by atoms with Crippen LogP contribution in [0.25, 0.3) is 0 Å². The van der Waals surface area contributed by atoms with Crippen LogP contribution in [-0.4, -0.2) is 37.2 Å². The molecule has 0 bridgehead atoms. The minimum absolute atomic E-state index is 0.0926. The summed E-state index contributed by atoms with van der Waals surface area (Å²) in [4.78, 5) is 38.0. The lowest BCUT2D eigenvalue weighted by molar-refractivity contribution is -0.167. The smallest absolute Gasteiger partial charge is 0.306 e. The van der Waals surface area contributed by atoms with Crippen molar-refractivity contribution < 1.29 is 28.6 Å². The van der Waals surface area contributed by atoms with Crippen LogP contribution in [0.5, 0.6) is 0 Å². The van der Waals surface area contributed by atoms with Crippen LogP contribution in [0.3, 0.4) is 0 Å². The Morgan fingerprint density at radius 3 is 0.899 bits per heavy atom. The number of ether oxygens (including phenoxy) is 3. The van der Waals surface area contributed by atoms with Crippen molar-refractivity contribution in [3.05, 3.63) is 109 Å². The van der Waals surface area contributed by atoms with Crippen molar-refractivity contribution in [2.45, 2.75) is 258 Å². The van der Waals surface area contributed by atoms with E-state index < -0.39 is 6.10 Å². The summed E-state index contributed by atoms with van der Waals surface area (Å²) in [7, 11) is 0. The van der Waals surface area contributed by atoms with Gasteiger partial charge in [0.15, 0.2) is 6.10 Å². The molecule has 1 unspecified atom stereocenters. The highest BCUT2D eigenvalue weighted by Gasteiger charge is 2.19. The summed E-state index contributed by atoms with van der Waals surface area (Å²) >= 11 is 0. The largest absolute Gasteiger partial charge is 0.462 e. The third-order valence-electron chi connectivity index (χ3n) is 11.8. The minimum Gasteiger partial charge on any atom is -0.462 e. The van der Waals surface area contributed by atoms with E-state index in [4.69, 9.17) is 14.2 Å². The molecule has 0 aromatic carbocycles. The van der Waals surface area contributed by atoms with Crippen molar-refractivity contribution in [1.29, 1.82) is 0 Å². The summed E-state index contributed by atoms with van der Waals surface area (Å²) in [5, 5.41) is 0. The normalized spacial score (nSPS) is 12.9. The summed E-state index contributed by atoms with van der Waals surface area (Å²) < 4.78 is 16.8. The summed E-state index contributed by atoms with van der Waals surface area (Å²) in [6.45, 7) is 6.36. The molecule has 0 fully saturated rings. The average molecular weight is 958 g/mol. The highest BCUT2D eigenvalue weighted by Crippen LogP contribution is 2.15.